The molecule has 2 aromatic heterocycles. The molecule has 0 saturated carbocycles. The summed E-state index contributed by atoms with van der Waals surface area (Å²) in [6.07, 6.45) is 1.20. The van der Waals surface area contributed by atoms with Crippen molar-refractivity contribution in [1.29, 1.82) is 0 Å². The smallest absolute Gasteiger partial charge is 0.328 e. The largest absolute Gasteiger partial charge is 0.381 e. The van der Waals surface area contributed by atoms with Crippen molar-refractivity contribution in [2.75, 3.05) is 19.8 Å². The van der Waals surface area contributed by atoms with Crippen molar-refractivity contribution in [2.24, 2.45) is 0 Å². The Labute approximate surface area is 223 Å². The lowest BCUT2D eigenvalue weighted by Gasteiger charge is -2.11. The molecule has 0 unspecified atom stereocenters. The molecule has 2 amide bonds. The minimum absolute atomic E-state index is 0.0429. The Morgan fingerprint density at radius 1 is 0.974 bits per heavy atom. The lowest BCUT2D eigenvalue weighted by Crippen LogP contribution is -2.40. The third-order valence-electron chi connectivity index (χ3n) is 6.13. The van der Waals surface area contributed by atoms with E-state index < -0.39 is 16.1 Å². The SMILES string of the molecule is CCOCCc1nc2c(C)cc(C)nc2n1-c1ccc(CCNC(=O)NS(=O)(=O)c2ccc(C)cc2)cc1. The Bertz CT molecular complexity index is 1530. The van der Waals surface area contributed by atoms with Gasteiger partial charge in [-0.3, -0.25) is 4.57 Å². The number of ether oxygens (including phenoxy) is 1. The van der Waals surface area contributed by atoms with E-state index in [9.17, 15) is 13.2 Å². The number of urea groups is 1. The van der Waals surface area contributed by atoms with Crippen LogP contribution >= 0.6 is 0 Å². The molecular formula is C28H33N5O4S. The van der Waals surface area contributed by atoms with Crippen LogP contribution in [0.1, 0.15) is 35.1 Å². The number of hydrogen-bond acceptors (Lipinski definition) is 6. The number of rotatable bonds is 10. The molecule has 0 spiro atoms. The summed E-state index contributed by atoms with van der Waals surface area (Å²) >= 11 is 0. The molecule has 2 heterocycles. The standard InChI is InChI=1S/C28H33N5O4S/c1-5-37-17-15-25-31-26-20(3)18-21(4)30-27(26)33(25)23-10-8-22(9-11-23)14-16-29-28(34)32-38(35,36)24-12-6-19(2)7-13-24/h6-13,18H,5,14-17H2,1-4H3,(H2,29,32,34). The van der Waals surface area contributed by atoms with Gasteiger partial charge >= 0.3 is 6.03 Å². The van der Waals surface area contributed by atoms with Crippen molar-refractivity contribution in [3.8, 4) is 5.69 Å². The molecule has 0 fully saturated rings. The second kappa shape index (κ2) is 11.7. The minimum atomic E-state index is -3.92. The molecule has 2 aromatic carbocycles. The zero-order chi connectivity index (χ0) is 27.3. The van der Waals surface area contributed by atoms with Crippen molar-refractivity contribution >= 4 is 27.2 Å². The third-order valence-corrected chi connectivity index (χ3v) is 7.48. The Hall–Kier alpha value is -3.76. The highest BCUT2D eigenvalue weighted by atomic mass is 32.2. The molecule has 0 aliphatic rings. The molecule has 0 aliphatic heterocycles. The van der Waals surface area contributed by atoms with E-state index in [0.717, 1.165) is 45.1 Å². The number of benzene rings is 2. The summed E-state index contributed by atoms with van der Waals surface area (Å²) in [5, 5.41) is 2.62. The molecule has 200 valence electrons. The molecule has 4 rings (SSSR count). The summed E-state index contributed by atoms with van der Waals surface area (Å²) in [6.45, 7) is 9.35. The van der Waals surface area contributed by atoms with Crippen LogP contribution in [0.25, 0.3) is 16.9 Å². The number of nitrogens with zero attached hydrogens (tertiary/aromatic N) is 3. The molecule has 0 atom stereocenters. The van der Waals surface area contributed by atoms with Gasteiger partial charge in [-0.05, 0) is 75.6 Å². The lowest BCUT2D eigenvalue weighted by atomic mass is 10.1. The van der Waals surface area contributed by atoms with Crippen LogP contribution in [0, 0.1) is 20.8 Å². The van der Waals surface area contributed by atoms with E-state index in [1.165, 1.54) is 12.1 Å². The second-order valence-corrected chi connectivity index (χ2v) is 10.8. The number of fused-ring (bicyclic) bond motifs is 1. The van der Waals surface area contributed by atoms with Gasteiger partial charge in [-0.1, -0.05) is 29.8 Å². The predicted molar refractivity (Wildman–Crippen MR) is 147 cm³/mol. The first-order valence-electron chi connectivity index (χ1n) is 12.6. The van der Waals surface area contributed by atoms with Crippen LogP contribution in [0.3, 0.4) is 0 Å². The average molecular weight is 536 g/mol. The number of hydrogen-bond donors (Lipinski definition) is 2. The zero-order valence-electron chi connectivity index (χ0n) is 22.1. The fourth-order valence-electron chi connectivity index (χ4n) is 4.22. The molecule has 0 aliphatic carbocycles. The Balaban J connectivity index is 1.43. The van der Waals surface area contributed by atoms with Crippen LogP contribution in [0.5, 0.6) is 0 Å². The Kier molecular flexibility index (Phi) is 8.43. The van der Waals surface area contributed by atoms with E-state index in [4.69, 9.17) is 14.7 Å². The summed E-state index contributed by atoms with van der Waals surface area (Å²) < 4.78 is 34.5. The average Bonchev–Trinajstić information content (AvgIpc) is 3.23. The van der Waals surface area contributed by atoms with Gasteiger partial charge in [-0.15, -0.1) is 0 Å². The van der Waals surface area contributed by atoms with E-state index in [2.05, 4.69) is 14.6 Å². The van der Waals surface area contributed by atoms with Gasteiger partial charge in [0.15, 0.2) is 5.65 Å². The fourth-order valence-corrected chi connectivity index (χ4v) is 5.15. The quantitative estimate of drug-likeness (QED) is 0.295. The number of aromatic nitrogens is 3. The highest BCUT2D eigenvalue weighted by molar-refractivity contribution is 7.90. The van der Waals surface area contributed by atoms with Gasteiger partial charge in [-0.25, -0.2) is 27.9 Å². The van der Waals surface area contributed by atoms with Crippen molar-refractivity contribution in [2.45, 2.75) is 45.4 Å². The second-order valence-electron chi connectivity index (χ2n) is 9.15. The van der Waals surface area contributed by atoms with Gasteiger partial charge in [0.25, 0.3) is 10.0 Å². The maximum Gasteiger partial charge on any atom is 0.328 e. The minimum Gasteiger partial charge on any atom is -0.381 e. The highest BCUT2D eigenvalue weighted by Gasteiger charge is 2.18. The van der Waals surface area contributed by atoms with Gasteiger partial charge in [-0.2, -0.15) is 0 Å². The first kappa shape index (κ1) is 27.3. The maximum atomic E-state index is 12.4. The Morgan fingerprint density at radius 2 is 1.68 bits per heavy atom. The first-order valence-corrected chi connectivity index (χ1v) is 14.1. The van der Waals surface area contributed by atoms with Gasteiger partial charge in [0.1, 0.15) is 11.3 Å². The monoisotopic (exact) mass is 535 g/mol. The number of sulfonamides is 1. The summed E-state index contributed by atoms with van der Waals surface area (Å²) in [4.78, 5) is 21.9. The van der Waals surface area contributed by atoms with E-state index >= 15 is 0 Å². The van der Waals surface area contributed by atoms with Crippen LogP contribution in [-0.2, 0) is 27.6 Å². The van der Waals surface area contributed by atoms with Gasteiger partial charge in [0, 0.05) is 31.0 Å². The normalized spacial score (nSPS) is 11.6. The van der Waals surface area contributed by atoms with Crippen molar-refractivity contribution in [3.05, 3.63) is 82.8 Å². The fraction of sp³-hybridized carbons (Fsp3) is 0.321. The molecule has 2 N–H and O–H groups in total. The summed E-state index contributed by atoms with van der Waals surface area (Å²) in [5.41, 5.74) is 6.57. The number of aryl methyl sites for hydroxylation is 3. The van der Waals surface area contributed by atoms with Gasteiger partial charge < -0.3 is 10.1 Å². The van der Waals surface area contributed by atoms with E-state index in [0.29, 0.717) is 26.1 Å². The van der Waals surface area contributed by atoms with Crippen molar-refractivity contribution in [3.63, 3.8) is 0 Å². The third kappa shape index (κ3) is 6.38. The van der Waals surface area contributed by atoms with Crippen LogP contribution in [-0.4, -0.2) is 48.7 Å². The number of nitrogens with one attached hydrogen (secondary N) is 2. The molecular weight excluding hydrogens is 502 g/mol. The number of pyridine rings is 1. The van der Waals surface area contributed by atoms with Crippen molar-refractivity contribution < 1.29 is 17.9 Å². The summed E-state index contributed by atoms with van der Waals surface area (Å²) in [5.74, 6) is 0.885. The first-order chi connectivity index (χ1) is 18.2. The van der Waals surface area contributed by atoms with Crippen LogP contribution in [0.2, 0.25) is 0 Å². The lowest BCUT2D eigenvalue weighted by molar-refractivity contribution is 0.149. The molecule has 4 aromatic rings. The van der Waals surface area contributed by atoms with E-state index in [1.54, 1.807) is 12.1 Å². The summed E-state index contributed by atoms with van der Waals surface area (Å²) in [7, 11) is -3.92. The highest BCUT2D eigenvalue weighted by Crippen LogP contribution is 2.24. The number of carbonyl (C=O) groups is 1. The number of carbonyl (C=O) groups excluding carboxylic acids is 1. The van der Waals surface area contributed by atoms with Crippen LogP contribution < -0.4 is 10.0 Å². The maximum absolute atomic E-state index is 12.4. The topological polar surface area (TPSA) is 115 Å². The van der Waals surface area contributed by atoms with Crippen molar-refractivity contribution in [1.82, 2.24) is 24.6 Å². The molecule has 38 heavy (non-hydrogen) atoms. The van der Waals surface area contributed by atoms with Gasteiger partial charge in [0.2, 0.25) is 0 Å². The Morgan fingerprint density at radius 3 is 2.37 bits per heavy atom. The number of amides is 2. The van der Waals surface area contributed by atoms with Crippen LogP contribution in [0.15, 0.2) is 59.5 Å². The number of imidazole rings is 1. The molecule has 0 radical (unpaired) electrons. The summed E-state index contributed by atoms with van der Waals surface area (Å²) in [6, 6.07) is 15.5. The van der Waals surface area contributed by atoms with Gasteiger partial charge in [0.05, 0.1) is 11.5 Å². The molecule has 0 bridgehead atoms. The zero-order valence-corrected chi connectivity index (χ0v) is 22.9. The van der Waals surface area contributed by atoms with E-state index in [1.807, 2.05) is 58.0 Å². The molecule has 10 heteroatoms. The molecule has 9 nitrogen and oxygen atoms in total. The van der Waals surface area contributed by atoms with Crippen LogP contribution in [0.4, 0.5) is 4.79 Å². The van der Waals surface area contributed by atoms with E-state index in [-0.39, 0.29) is 11.4 Å². The molecule has 0 saturated heterocycles. The predicted octanol–water partition coefficient (Wildman–Crippen LogP) is 4.16.